The quantitative estimate of drug-likeness (QED) is 0.387. The van der Waals surface area contributed by atoms with Gasteiger partial charge < -0.3 is 4.74 Å². The highest BCUT2D eigenvalue weighted by molar-refractivity contribution is 4.65. The fourth-order valence-electron chi connectivity index (χ4n) is 0.991. The van der Waals surface area contributed by atoms with Gasteiger partial charge in [-0.3, -0.25) is 0 Å². The van der Waals surface area contributed by atoms with Gasteiger partial charge in [-0.05, 0) is 26.2 Å². The highest BCUT2D eigenvalue weighted by Crippen LogP contribution is 2.02. The Labute approximate surface area is 70.4 Å². The molecule has 11 heavy (non-hydrogen) atoms. The summed E-state index contributed by atoms with van der Waals surface area (Å²) in [6.45, 7) is 7.51. The molecule has 0 N–H and O–H groups in total. The molecule has 0 aliphatic carbocycles. The van der Waals surface area contributed by atoms with Gasteiger partial charge in [0.15, 0.2) is 0 Å². The second-order valence-electron chi connectivity index (χ2n) is 2.69. The number of ether oxygens (including phenoxy) is 1. The molecular formula is C10H20O. The van der Waals surface area contributed by atoms with Crippen LogP contribution >= 0.6 is 0 Å². The van der Waals surface area contributed by atoms with Crippen molar-refractivity contribution in [2.45, 2.75) is 39.0 Å². The molecule has 0 spiro atoms. The van der Waals surface area contributed by atoms with Gasteiger partial charge in [-0.2, -0.15) is 0 Å². The molecule has 0 aromatic rings. The van der Waals surface area contributed by atoms with Crippen molar-refractivity contribution in [1.82, 2.24) is 0 Å². The summed E-state index contributed by atoms with van der Waals surface area (Å²) in [5.74, 6) is 0. The van der Waals surface area contributed by atoms with E-state index in [2.05, 4.69) is 6.58 Å². The largest absolute Gasteiger partial charge is 0.382 e. The van der Waals surface area contributed by atoms with E-state index >= 15 is 0 Å². The summed E-state index contributed by atoms with van der Waals surface area (Å²) in [6.07, 6.45) is 8.27. The van der Waals surface area contributed by atoms with E-state index in [9.17, 15) is 0 Å². The van der Waals surface area contributed by atoms with E-state index in [0.717, 1.165) is 19.6 Å². The monoisotopic (exact) mass is 156 g/mol. The van der Waals surface area contributed by atoms with E-state index in [1.807, 2.05) is 13.0 Å². The Morgan fingerprint density at radius 3 is 2.55 bits per heavy atom. The maximum absolute atomic E-state index is 5.22. The van der Waals surface area contributed by atoms with Gasteiger partial charge in [-0.1, -0.05) is 18.9 Å². The predicted molar refractivity (Wildman–Crippen MR) is 49.8 cm³/mol. The maximum Gasteiger partial charge on any atom is 0.0465 e. The average Bonchev–Trinajstić information content (AvgIpc) is 2.03. The molecule has 0 aliphatic heterocycles. The molecular weight excluding hydrogens is 136 g/mol. The van der Waals surface area contributed by atoms with E-state index in [0.29, 0.717) is 0 Å². The van der Waals surface area contributed by atoms with Gasteiger partial charge in [0.1, 0.15) is 0 Å². The molecule has 0 aromatic heterocycles. The van der Waals surface area contributed by atoms with E-state index in [1.165, 1.54) is 25.7 Å². The first-order valence-electron chi connectivity index (χ1n) is 4.60. The Morgan fingerprint density at radius 1 is 1.18 bits per heavy atom. The van der Waals surface area contributed by atoms with Crippen molar-refractivity contribution in [3.63, 3.8) is 0 Å². The minimum atomic E-state index is 0.854. The summed E-state index contributed by atoms with van der Waals surface area (Å²) in [6, 6.07) is 0. The standard InChI is InChI=1S/C10H20O/c1-3-5-6-7-8-9-10-11-4-2/h3H,1,4-10H2,2H3. The topological polar surface area (TPSA) is 9.23 Å². The van der Waals surface area contributed by atoms with Gasteiger partial charge in [-0.25, -0.2) is 0 Å². The van der Waals surface area contributed by atoms with Crippen LogP contribution in [0.25, 0.3) is 0 Å². The van der Waals surface area contributed by atoms with Crippen LogP contribution in [0.1, 0.15) is 39.0 Å². The molecule has 0 heterocycles. The third kappa shape index (κ3) is 9.70. The van der Waals surface area contributed by atoms with Crippen molar-refractivity contribution < 1.29 is 4.74 Å². The molecule has 0 aromatic carbocycles. The van der Waals surface area contributed by atoms with E-state index < -0.39 is 0 Å². The third-order valence-corrected chi connectivity index (χ3v) is 1.65. The Kier molecular flexibility index (Phi) is 9.44. The lowest BCUT2D eigenvalue weighted by molar-refractivity contribution is 0.143. The Morgan fingerprint density at radius 2 is 1.91 bits per heavy atom. The molecule has 0 fully saturated rings. The molecule has 1 nitrogen and oxygen atoms in total. The minimum absolute atomic E-state index is 0.854. The van der Waals surface area contributed by atoms with Crippen LogP contribution in [-0.2, 0) is 4.74 Å². The van der Waals surface area contributed by atoms with Crippen LogP contribution in [-0.4, -0.2) is 13.2 Å². The Balaban J connectivity index is 2.74. The number of rotatable bonds is 8. The fraction of sp³-hybridized carbons (Fsp3) is 0.800. The first kappa shape index (κ1) is 10.7. The molecule has 0 aliphatic rings. The Bertz CT molecular complexity index is 78.9. The van der Waals surface area contributed by atoms with E-state index in [-0.39, 0.29) is 0 Å². The SMILES string of the molecule is C=CCCCCCCOCC. The van der Waals surface area contributed by atoms with Crippen LogP contribution in [0.4, 0.5) is 0 Å². The van der Waals surface area contributed by atoms with E-state index in [1.54, 1.807) is 0 Å². The van der Waals surface area contributed by atoms with Crippen molar-refractivity contribution in [2.75, 3.05) is 13.2 Å². The van der Waals surface area contributed by atoms with Crippen LogP contribution in [0.3, 0.4) is 0 Å². The van der Waals surface area contributed by atoms with Crippen molar-refractivity contribution in [2.24, 2.45) is 0 Å². The highest BCUT2D eigenvalue weighted by atomic mass is 16.5. The van der Waals surface area contributed by atoms with Crippen molar-refractivity contribution in [1.29, 1.82) is 0 Å². The van der Waals surface area contributed by atoms with Crippen LogP contribution in [0.2, 0.25) is 0 Å². The summed E-state index contributed by atoms with van der Waals surface area (Å²) in [5, 5.41) is 0. The number of allylic oxidation sites excluding steroid dienone is 1. The summed E-state index contributed by atoms with van der Waals surface area (Å²) in [7, 11) is 0. The molecule has 1 heteroatoms. The number of hydrogen-bond acceptors (Lipinski definition) is 1. The lowest BCUT2D eigenvalue weighted by atomic mass is 10.1. The van der Waals surface area contributed by atoms with Crippen molar-refractivity contribution in [3.05, 3.63) is 12.7 Å². The molecule has 0 rings (SSSR count). The zero-order valence-corrected chi connectivity index (χ0v) is 7.64. The normalized spacial score (nSPS) is 9.91. The van der Waals surface area contributed by atoms with Crippen molar-refractivity contribution >= 4 is 0 Å². The molecule has 0 bridgehead atoms. The lowest BCUT2D eigenvalue weighted by Crippen LogP contribution is -1.92. The number of hydrogen-bond donors (Lipinski definition) is 0. The molecule has 66 valence electrons. The Hall–Kier alpha value is -0.300. The summed E-state index contributed by atoms with van der Waals surface area (Å²) in [4.78, 5) is 0. The number of unbranched alkanes of at least 4 members (excludes halogenated alkanes) is 4. The summed E-state index contributed by atoms with van der Waals surface area (Å²) >= 11 is 0. The summed E-state index contributed by atoms with van der Waals surface area (Å²) < 4.78 is 5.22. The van der Waals surface area contributed by atoms with Gasteiger partial charge in [0.25, 0.3) is 0 Å². The first-order valence-corrected chi connectivity index (χ1v) is 4.60. The average molecular weight is 156 g/mol. The highest BCUT2D eigenvalue weighted by Gasteiger charge is 1.87. The van der Waals surface area contributed by atoms with E-state index in [4.69, 9.17) is 4.74 Å². The van der Waals surface area contributed by atoms with Crippen LogP contribution < -0.4 is 0 Å². The van der Waals surface area contributed by atoms with Crippen LogP contribution in [0.15, 0.2) is 12.7 Å². The van der Waals surface area contributed by atoms with Gasteiger partial charge in [0.2, 0.25) is 0 Å². The molecule has 0 saturated heterocycles. The molecule has 0 radical (unpaired) electrons. The zero-order chi connectivity index (χ0) is 8.36. The lowest BCUT2D eigenvalue weighted by Gasteiger charge is -1.99. The maximum atomic E-state index is 5.22. The molecule has 0 amide bonds. The zero-order valence-electron chi connectivity index (χ0n) is 7.64. The second kappa shape index (κ2) is 9.70. The molecule has 0 unspecified atom stereocenters. The predicted octanol–water partition coefficient (Wildman–Crippen LogP) is 3.16. The minimum Gasteiger partial charge on any atom is -0.382 e. The smallest absolute Gasteiger partial charge is 0.0465 e. The first-order chi connectivity index (χ1) is 5.41. The summed E-state index contributed by atoms with van der Waals surface area (Å²) in [5.41, 5.74) is 0. The molecule has 0 atom stereocenters. The second-order valence-corrected chi connectivity index (χ2v) is 2.69. The van der Waals surface area contributed by atoms with Gasteiger partial charge in [0.05, 0.1) is 0 Å². The van der Waals surface area contributed by atoms with Crippen LogP contribution in [0, 0.1) is 0 Å². The fourth-order valence-corrected chi connectivity index (χ4v) is 0.991. The van der Waals surface area contributed by atoms with Gasteiger partial charge >= 0.3 is 0 Å². The third-order valence-electron chi connectivity index (χ3n) is 1.65. The van der Waals surface area contributed by atoms with Gasteiger partial charge in [-0.15, -0.1) is 6.58 Å². The van der Waals surface area contributed by atoms with Gasteiger partial charge in [0, 0.05) is 13.2 Å². The van der Waals surface area contributed by atoms with Crippen molar-refractivity contribution in [3.8, 4) is 0 Å². The molecule has 0 saturated carbocycles. The van der Waals surface area contributed by atoms with Crippen LogP contribution in [0.5, 0.6) is 0 Å².